The minimum atomic E-state index is -0.852. The number of β-lactam (4-membered cyclic amide) rings is 1. The zero-order chi connectivity index (χ0) is 25.5. The molecule has 3 heterocycles. The second-order valence-corrected chi connectivity index (χ2v) is 9.48. The van der Waals surface area contributed by atoms with Gasteiger partial charge >= 0.3 is 5.97 Å². The van der Waals surface area contributed by atoms with Crippen LogP contribution in [0.3, 0.4) is 0 Å². The van der Waals surface area contributed by atoms with Crippen molar-refractivity contribution in [2.24, 2.45) is 5.16 Å². The summed E-state index contributed by atoms with van der Waals surface area (Å²) in [5.41, 5.74) is 0.239. The number of carbonyl (C=O) groups excluding carboxylic acids is 4. The van der Waals surface area contributed by atoms with Crippen LogP contribution in [-0.4, -0.2) is 94.7 Å². The Balaban J connectivity index is 1.63. The van der Waals surface area contributed by atoms with E-state index in [0.29, 0.717) is 17.4 Å². The molecular weight excluding hydrogens is 496 g/mol. The van der Waals surface area contributed by atoms with E-state index < -0.39 is 29.2 Å². The van der Waals surface area contributed by atoms with Crippen molar-refractivity contribution in [2.75, 3.05) is 44.4 Å². The van der Waals surface area contributed by atoms with Crippen molar-refractivity contribution < 1.29 is 28.8 Å². The first kappa shape index (κ1) is 26.6. The number of anilines is 1. The molecule has 0 saturated carbocycles. The Morgan fingerprint density at radius 1 is 1.31 bits per heavy atom. The van der Waals surface area contributed by atoms with Gasteiger partial charge in [-0.25, -0.2) is 9.78 Å². The van der Waals surface area contributed by atoms with Crippen molar-refractivity contribution in [2.45, 2.75) is 32.2 Å². The van der Waals surface area contributed by atoms with Crippen LogP contribution in [0.2, 0.25) is 0 Å². The standard InChI is InChI=1S/C21H28N6O6S2/c1-5-26(6-2)8-9-33-20(31)14-7-10-34-19-16(18(30)27(14)19)24-17(29)15(25-32-4)13-11-35-21(23-13)22-12(3)28/h7,11,16,19H,5-6,8-10H2,1-4H3,(H,24,29)(H,22,23,28)/b25-15-. The van der Waals surface area contributed by atoms with Gasteiger partial charge in [-0.1, -0.05) is 19.0 Å². The van der Waals surface area contributed by atoms with Gasteiger partial charge in [0.05, 0.1) is 0 Å². The molecule has 0 bridgehead atoms. The van der Waals surface area contributed by atoms with E-state index in [4.69, 9.17) is 9.57 Å². The lowest BCUT2D eigenvalue weighted by Crippen LogP contribution is -2.70. The molecule has 0 radical (unpaired) electrons. The van der Waals surface area contributed by atoms with Gasteiger partial charge in [0.15, 0.2) is 10.8 Å². The van der Waals surface area contributed by atoms with Crippen LogP contribution in [0.15, 0.2) is 22.3 Å². The smallest absolute Gasteiger partial charge is 0.354 e. The molecule has 2 aliphatic heterocycles. The average molecular weight is 525 g/mol. The molecule has 3 rings (SSSR count). The SMILES string of the molecule is CCN(CC)CCOC(=O)C1=CCSC2C(NC(=O)/C(=N\OC)c3csc(NC(C)=O)n3)C(=O)N12. The van der Waals surface area contributed by atoms with Crippen LogP contribution in [0.4, 0.5) is 5.13 Å². The molecule has 2 aliphatic rings. The summed E-state index contributed by atoms with van der Waals surface area (Å²) in [5.74, 6) is -1.45. The Hall–Kier alpha value is -2.97. The van der Waals surface area contributed by atoms with E-state index >= 15 is 0 Å². The molecule has 0 spiro atoms. The van der Waals surface area contributed by atoms with E-state index in [1.165, 1.54) is 30.7 Å². The van der Waals surface area contributed by atoms with Crippen molar-refractivity contribution in [3.05, 3.63) is 22.8 Å². The third-order valence-corrected chi connectivity index (χ3v) is 7.25. The number of esters is 1. The number of ether oxygens (including phenoxy) is 1. The number of oxime groups is 1. The second-order valence-electron chi connectivity index (χ2n) is 7.48. The van der Waals surface area contributed by atoms with E-state index in [9.17, 15) is 19.2 Å². The quantitative estimate of drug-likeness (QED) is 0.184. The summed E-state index contributed by atoms with van der Waals surface area (Å²) >= 11 is 2.54. The van der Waals surface area contributed by atoms with Gasteiger partial charge in [-0.05, 0) is 19.2 Å². The van der Waals surface area contributed by atoms with E-state index in [1.807, 2.05) is 13.8 Å². The zero-order valence-corrected chi connectivity index (χ0v) is 21.5. The molecular formula is C21H28N6O6S2. The van der Waals surface area contributed by atoms with Crippen LogP contribution in [0.1, 0.15) is 26.5 Å². The Kier molecular flexibility index (Phi) is 9.23. The molecule has 1 aromatic heterocycles. The number of thioether (sulfide) groups is 1. The zero-order valence-electron chi connectivity index (χ0n) is 19.9. The number of thiazole rings is 1. The summed E-state index contributed by atoms with van der Waals surface area (Å²) in [6.07, 6.45) is 1.66. The number of amides is 3. The maximum atomic E-state index is 12.9. The number of rotatable bonds is 11. The first-order chi connectivity index (χ1) is 16.8. The number of nitrogens with zero attached hydrogens (tertiary/aromatic N) is 4. The first-order valence-electron chi connectivity index (χ1n) is 11.0. The fraction of sp³-hybridized carbons (Fsp3) is 0.524. The van der Waals surface area contributed by atoms with Crippen LogP contribution in [0.25, 0.3) is 0 Å². The molecule has 1 aromatic rings. The molecule has 2 atom stereocenters. The highest BCUT2D eigenvalue weighted by Gasteiger charge is 2.53. The number of aromatic nitrogens is 1. The van der Waals surface area contributed by atoms with Crippen LogP contribution in [0, 0.1) is 0 Å². The Morgan fingerprint density at radius 2 is 2.06 bits per heavy atom. The van der Waals surface area contributed by atoms with Gasteiger partial charge in [0.2, 0.25) is 5.91 Å². The molecule has 0 aromatic carbocycles. The number of fused-ring (bicyclic) bond motifs is 1. The Labute approximate surface area is 211 Å². The molecule has 12 nitrogen and oxygen atoms in total. The van der Waals surface area contributed by atoms with Crippen LogP contribution >= 0.6 is 23.1 Å². The fourth-order valence-corrected chi connectivity index (χ4v) is 5.44. The van der Waals surface area contributed by atoms with Crippen molar-refractivity contribution in [3.8, 4) is 0 Å². The Bertz CT molecular complexity index is 1040. The second kappa shape index (κ2) is 12.1. The third-order valence-electron chi connectivity index (χ3n) is 5.30. The maximum Gasteiger partial charge on any atom is 0.354 e. The lowest BCUT2D eigenvalue weighted by atomic mass is 10.0. The molecule has 1 saturated heterocycles. The minimum absolute atomic E-state index is 0.140. The number of carbonyl (C=O) groups is 4. The molecule has 190 valence electrons. The monoisotopic (exact) mass is 524 g/mol. The number of likely N-dealkylation sites (N-methyl/N-ethyl adjacent to an activating group) is 1. The summed E-state index contributed by atoms with van der Waals surface area (Å²) in [6.45, 7) is 7.95. The van der Waals surface area contributed by atoms with Crippen molar-refractivity contribution in [1.29, 1.82) is 0 Å². The molecule has 3 amide bonds. The maximum absolute atomic E-state index is 12.9. The van der Waals surface area contributed by atoms with E-state index in [2.05, 4.69) is 25.7 Å². The van der Waals surface area contributed by atoms with Crippen molar-refractivity contribution >= 4 is 57.6 Å². The number of hydrogen-bond acceptors (Lipinski definition) is 11. The van der Waals surface area contributed by atoms with Crippen molar-refractivity contribution in [1.82, 2.24) is 20.1 Å². The fourth-order valence-electron chi connectivity index (χ4n) is 3.51. The van der Waals surface area contributed by atoms with E-state index in [1.54, 1.807) is 11.5 Å². The van der Waals surface area contributed by atoms with Gasteiger partial charge in [0.25, 0.3) is 11.8 Å². The first-order valence-corrected chi connectivity index (χ1v) is 12.9. The van der Waals surface area contributed by atoms with Gasteiger partial charge in [0, 0.05) is 24.6 Å². The minimum Gasteiger partial charge on any atom is -0.460 e. The van der Waals surface area contributed by atoms with Gasteiger partial charge < -0.3 is 25.1 Å². The van der Waals surface area contributed by atoms with Gasteiger partial charge in [0.1, 0.15) is 36.5 Å². The lowest BCUT2D eigenvalue weighted by Gasteiger charge is -2.48. The summed E-state index contributed by atoms with van der Waals surface area (Å²) in [4.78, 5) is 62.1. The molecule has 2 unspecified atom stereocenters. The third kappa shape index (κ3) is 6.18. The largest absolute Gasteiger partial charge is 0.460 e. The molecule has 35 heavy (non-hydrogen) atoms. The predicted molar refractivity (Wildman–Crippen MR) is 132 cm³/mol. The van der Waals surface area contributed by atoms with Crippen LogP contribution < -0.4 is 10.6 Å². The lowest BCUT2D eigenvalue weighted by molar-refractivity contribution is -0.152. The summed E-state index contributed by atoms with van der Waals surface area (Å²) in [7, 11) is 1.28. The normalized spacial score (nSPS) is 19.5. The number of nitrogens with one attached hydrogen (secondary N) is 2. The van der Waals surface area contributed by atoms with E-state index in [-0.39, 0.29) is 29.6 Å². The van der Waals surface area contributed by atoms with Crippen LogP contribution in [0.5, 0.6) is 0 Å². The summed E-state index contributed by atoms with van der Waals surface area (Å²) in [6, 6.07) is -0.852. The average Bonchev–Trinajstić information content (AvgIpc) is 3.29. The van der Waals surface area contributed by atoms with Crippen molar-refractivity contribution in [3.63, 3.8) is 0 Å². The highest BCUT2D eigenvalue weighted by molar-refractivity contribution is 8.00. The molecule has 2 N–H and O–H groups in total. The van der Waals surface area contributed by atoms with Crippen LogP contribution in [-0.2, 0) is 28.8 Å². The van der Waals surface area contributed by atoms with Gasteiger partial charge in [-0.3, -0.25) is 19.3 Å². The van der Waals surface area contributed by atoms with Gasteiger partial charge in [-0.15, -0.1) is 23.1 Å². The van der Waals surface area contributed by atoms with Gasteiger partial charge in [-0.2, -0.15) is 0 Å². The molecule has 14 heteroatoms. The summed E-state index contributed by atoms with van der Waals surface area (Å²) in [5, 5.41) is 10.3. The highest BCUT2D eigenvalue weighted by Crippen LogP contribution is 2.37. The topological polar surface area (TPSA) is 143 Å². The predicted octanol–water partition coefficient (Wildman–Crippen LogP) is 0.621. The van der Waals surface area contributed by atoms with E-state index in [0.717, 1.165) is 24.4 Å². The Morgan fingerprint density at radius 3 is 2.71 bits per heavy atom. The summed E-state index contributed by atoms with van der Waals surface area (Å²) < 4.78 is 5.38. The molecule has 0 aliphatic carbocycles. The highest BCUT2D eigenvalue weighted by atomic mass is 32.2. The molecule has 1 fully saturated rings. The number of hydrogen-bond donors (Lipinski definition) is 2.